The Morgan fingerprint density at radius 1 is 1.30 bits per heavy atom. The lowest BCUT2D eigenvalue weighted by atomic mass is 9.57. The van der Waals surface area contributed by atoms with Crippen LogP contribution in [0, 0.1) is 5.92 Å². The summed E-state index contributed by atoms with van der Waals surface area (Å²) in [4.78, 5) is 0. The van der Waals surface area contributed by atoms with Crippen LogP contribution >= 0.6 is 0 Å². The highest BCUT2D eigenvalue weighted by Gasteiger charge is 2.44. The van der Waals surface area contributed by atoms with Gasteiger partial charge in [0.2, 0.25) is 0 Å². The molecule has 1 aromatic rings. The SMILES string of the molecule is COCCNCC1(c2ccc(C(C)C)cc2)CCC1C. The number of hydrogen-bond donors (Lipinski definition) is 1. The molecule has 1 saturated carbocycles. The van der Waals surface area contributed by atoms with E-state index in [1.165, 1.54) is 24.0 Å². The second-order valence-corrected chi connectivity index (χ2v) is 6.54. The minimum absolute atomic E-state index is 0.337. The van der Waals surface area contributed by atoms with Gasteiger partial charge in [0.15, 0.2) is 0 Å². The average molecular weight is 275 g/mol. The van der Waals surface area contributed by atoms with Gasteiger partial charge in [-0.25, -0.2) is 0 Å². The van der Waals surface area contributed by atoms with Crippen molar-refractivity contribution in [3.05, 3.63) is 35.4 Å². The van der Waals surface area contributed by atoms with Crippen molar-refractivity contribution in [2.24, 2.45) is 5.92 Å². The first-order valence-electron chi connectivity index (χ1n) is 7.90. The van der Waals surface area contributed by atoms with Gasteiger partial charge >= 0.3 is 0 Å². The Hall–Kier alpha value is -0.860. The molecule has 2 heteroatoms. The zero-order valence-corrected chi connectivity index (χ0v) is 13.4. The number of methoxy groups -OCH3 is 1. The lowest BCUT2D eigenvalue weighted by Crippen LogP contribution is -2.50. The third-order valence-corrected chi connectivity index (χ3v) is 5.04. The molecule has 1 N–H and O–H groups in total. The number of rotatable bonds is 7. The van der Waals surface area contributed by atoms with Crippen molar-refractivity contribution in [1.29, 1.82) is 0 Å². The summed E-state index contributed by atoms with van der Waals surface area (Å²) in [6.45, 7) is 9.69. The third kappa shape index (κ3) is 3.07. The number of benzene rings is 1. The molecule has 0 heterocycles. The molecule has 1 aromatic carbocycles. The van der Waals surface area contributed by atoms with Crippen LogP contribution in [0.4, 0.5) is 0 Å². The van der Waals surface area contributed by atoms with Gasteiger partial charge in [0, 0.05) is 25.6 Å². The third-order valence-electron chi connectivity index (χ3n) is 5.04. The summed E-state index contributed by atoms with van der Waals surface area (Å²) in [5.41, 5.74) is 3.28. The van der Waals surface area contributed by atoms with Gasteiger partial charge in [-0.1, -0.05) is 45.0 Å². The van der Waals surface area contributed by atoms with E-state index in [0.717, 1.165) is 25.6 Å². The van der Waals surface area contributed by atoms with Crippen LogP contribution in [0.3, 0.4) is 0 Å². The minimum atomic E-state index is 0.337. The summed E-state index contributed by atoms with van der Waals surface area (Å²) in [6.07, 6.45) is 2.65. The van der Waals surface area contributed by atoms with Crippen molar-refractivity contribution in [2.75, 3.05) is 26.8 Å². The van der Waals surface area contributed by atoms with Crippen LogP contribution in [0.5, 0.6) is 0 Å². The van der Waals surface area contributed by atoms with Crippen molar-refractivity contribution in [3.8, 4) is 0 Å². The van der Waals surface area contributed by atoms with Crippen molar-refractivity contribution in [2.45, 2.75) is 44.9 Å². The number of ether oxygens (including phenoxy) is 1. The molecule has 0 aromatic heterocycles. The Morgan fingerprint density at radius 3 is 2.45 bits per heavy atom. The molecule has 0 saturated heterocycles. The fourth-order valence-corrected chi connectivity index (χ4v) is 3.26. The van der Waals surface area contributed by atoms with Crippen LogP contribution in [-0.4, -0.2) is 26.8 Å². The van der Waals surface area contributed by atoms with E-state index in [1.807, 2.05) is 0 Å². The van der Waals surface area contributed by atoms with Gasteiger partial charge in [-0.3, -0.25) is 0 Å². The predicted molar refractivity (Wildman–Crippen MR) is 85.4 cm³/mol. The van der Waals surface area contributed by atoms with Crippen LogP contribution in [0.15, 0.2) is 24.3 Å². The Morgan fingerprint density at radius 2 is 2.00 bits per heavy atom. The molecule has 2 nitrogen and oxygen atoms in total. The Balaban J connectivity index is 2.08. The van der Waals surface area contributed by atoms with Crippen molar-refractivity contribution >= 4 is 0 Å². The molecule has 0 spiro atoms. The van der Waals surface area contributed by atoms with Crippen molar-refractivity contribution < 1.29 is 4.74 Å². The summed E-state index contributed by atoms with van der Waals surface area (Å²) in [5, 5.41) is 3.57. The first-order valence-corrected chi connectivity index (χ1v) is 7.90. The van der Waals surface area contributed by atoms with Gasteiger partial charge < -0.3 is 10.1 Å². The molecule has 2 unspecified atom stereocenters. The Labute approximate surface area is 123 Å². The zero-order chi connectivity index (χ0) is 14.6. The second kappa shape index (κ2) is 6.73. The lowest BCUT2D eigenvalue weighted by molar-refractivity contribution is 0.127. The molecule has 2 atom stereocenters. The van der Waals surface area contributed by atoms with Crippen LogP contribution in [0.1, 0.15) is 50.7 Å². The summed E-state index contributed by atoms with van der Waals surface area (Å²) >= 11 is 0. The Bertz CT molecular complexity index is 412. The van der Waals surface area contributed by atoms with Crippen molar-refractivity contribution in [3.63, 3.8) is 0 Å². The van der Waals surface area contributed by atoms with Gasteiger partial charge in [0.1, 0.15) is 0 Å². The molecule has 1 aliphatic carbocycles. The molecule has 1 aliphatic rings. The molecule has 0 amide bonds. The smallest absolute Gasteiger partial charge is 0.0587 e. The fourth-order valence-electron chi connectivity index (χ4n) is 3.26. The lowest BCUT2D eigenvalue weighted by Gasteiger charge is -2.49. The molecule has 112 valence electrons. The van der Waals surface area contributed by atoms with Crippen LogP contribution in [0.25, 0.3) is 0 Å². The number of hydrogen-bond acceptors (Lipinski definition) is 2. The van der Waals surface area contributed by atoms with Gasteiger partial charge in [-0.2, -0.15) is 0 Å². The summed E-state index contributed by atoms with van der Waals surface area (Å²) < 4.78 is 5.12. The van der Waals surface area contributed by atoms with E-state index in [9.17, 15) is 0 Å². The van der Waals surface area contributed by atoms with E-state index >= 15 is 0 Å². The first-order chi connectivity index (χ1) is 9.60. The predicted octanol–water partition coefficient (Wildman–Crippen LogP) is 3.71. The van der Waals surface area contributed by atoms with Crippen molar-refractivity contribution in [1.82, 2.24) is 5.32 Å². The largest absolute Gasteiger partial charge is 0.383 e. The van der Waals surface area contributed by atoms with E-state index in [2.05, 4.69) is 50.4 Å². The highest BCUT2D eigenvalue weighted by Crippen LogP contribution is 2.48. The van der Waals surface area contributed by atoms with E-state index in [1.54, 1.807) is 7.11 Å². The van der Waals surface area contributed by atoms with E-state index in [0.29, 0.717) is 11.3 Å². The highest BCUT2D eigenvalue weighted by atomic mass is 16.5. The Kier molecular flexibility index (Phi) is 5.22. The summed E-state index contributed by atoms with van der Waals surface area (Å²) in [5.74, 6) is 1.38. The van der Waals surface area contributed by atoms with E-state index in [4.69, 9.17) is 4.74 Å². The monoisotopic (exact) mass is 275 g/mol. The minimum Gasteiger partial charge on any atom is -0.383 e. The maximum atomic E-state index is 5.12. The maximum absolute atomic E-state index is 5.12. The molecule has 0 aliphatic heterocycles. The zero-order valence-electron chi connectivity index (χ0n) is 13.4. The topological polar surface area (TPSA) is 21.3 Å². The molecule has 1 fully saturated rings. The van der Waals surface area contributed by atoms with Gasteiger partial charge in [-0.15, -0.1) is 0 Å². The fraction of sp³-hybridized carbons (Fsp3) is 0.667. The summed E-state index contributed by atoms with van der Waals surface area (Å²) in [6, 6.07) is 9.32. The second-order valence-electron chi connectivity index (χ2n) is 6.54. The molecule has 2 rings (SSSR count). The average Bonchev–Trinajstić information content (AvgIpc) is 2.46. The maximum Gasteiger partial charge on any atom is 0.0587 e. The summed E-state index contributed by atoms with van der Waals surface area (Å²) in [7, 11) is 1.76. The van der Waals surface area contributed by atoms with E-state index in [-0.39, 0.29) is 0 Å². The number of nitrogens with one attached hydrogen (secondary N) is 1. The molecule has 0 radical (unpaired) electrons. The highest BCUT2D eigenvalue weighted by molar-refractivity contribution is 5.34. The van der Waals surface area contributed by atoms with Crippen LogP contribution < -0.4 is 5.32 Å². The van der Waals surface area contributed by atoms with Gasteiger partial charge in [0.05, 0.1) is 6.61 Å². The first kappa shape index (κ1) is 15.5. The van der Waals surface area contributed by atoms with Crippen LogP contribution in [0.2, 0.25) is 0 Å². The van der Waals surface area contributed by atoms with Crippen LogP contribution in [-0.2, 0) is 10.2 Å². The molecule has 0 bridgehead atoms. The van der Waals surface area contributed by atoms with Gasteiger partial charge in [0.25, 0.3) is 0 Å². The standard InChI is InChI=1S/C18H29NO/c1-14(2)16-5-7-17(8-6-16)18(10-9-15(18)3)13-19-11-12-20-4/h5-8,14-15,19H,9-13H2,1-4H3. The van der Waals surface area contributed by atoms with E-state index < -0.39 is 0 Å². The molecule has 20 heavy (non-hydrogen) atoms. The normalized spacial score (nSPS) is 25.8. The van der Waals surface area contributed by atoms with Gasteiger partial charge in [-0.05, 0) is 35.8 Å². The molecular weight excluding hydrogens is 246 g/mol. The quantitative estimate of drug-likeness (QED) is 0.766. The molecular formula is C18H29NO.